The number of likely N-dealkylation sites (N-methyl/N-ethyl adjacent to an activating group) is 1. The first-order valence-corrected chi connectivity index (χ1v) is 4.08. The van der Waals surface area contributed by atoms with Crippen molar-refractivity contribution in [2.45, 2.75) is 27.7 Å². The van der Waals surface area contributed by atoms with E-state index in [2.05, 4.69) is 38.7 Å². The molecule has 0 aliphatic rings. The minimum Gasteiger partial charge on any atom is -0.300 e. The van der Waals surface area contributed by atoms with Crippen LogP contribution < -0.4 is 0 Å². The molecule has 0 amide bonds. The van der Waals surface area contributed by atoms with Crippen molar-refractivity contribution in [3.05, 3.63) is 11.6 Å². The number of hydrogen-bond donors (Lipinski definition) is 0. The lowest BCUT2D eigenvalue weighted by Gasteiger charge is -2.17. The molecule has 68 valence electrons. The molecule has 0 saturated carbocycles. The van der Waals surface area contributed by atoms with Gasteiger partial charge < -0.3 is 0 Å². The first-order valence-electron chi connectivity index (χ1n) is 4.08. The molecule has 0 aliphatic carbocycles. The lowest BCUT2D eigenvalue weighted by Crippen LogP contribution is -2.24. The predicted molar refractivity (Wildman–Crippen MR) is 54.5 cm³/mol. The van der Waals surface area contributed by atoms with Crippen molar-refractivity contribution in [2.24, 2.45) is 0 Å². The molecular formula is C9H20ClN. The molecule has 0 aromatic rings. The highest BCUT2D eigenvalue weighted by Gasteiger charge is 1.97. The molecule has 0 aromatic heterocycles. The van der Waals surface area contributed by atoms with Crippen molar-refractivity contribution in [3.8, 4) is 0 Å². The van der Waals surface area contributed by atoms with E-state index in [1.165, 1.54) is 5.57 Å². The number of hydrogen-bond acceptors (Lipinski definition) is 1. The highest BCUT2D eigenvalue weighted by molar-refractivity contribution is 5.85. The smallest absolute Gasteiger partial charge is 0.0189 e. The van der Waals surface area contributed by atoms with Gasteiger partial charge in [-0.05, 0) is 26.9 Å². The van der Waals surface area contributed by atoms with Crippen LogP contribution in [0, 0.1) is 0 Å². The third-order valence-electron chi connectivity index (χ3n) is 1.86. The summed E-state index contributed by atoms with van der Waals surface area (Å²) in [6.45, 7) is 12.1. The van der Waals surface area contributed by atoms with Gasteiger partial charge in [-0.3, -0.25) is 4.90 Å². The Hall–Kier alpha value is -0.0100. The van der Waals surface area contributed by atoms with Gasteiger partial charge in [0.2, 0.25) is 0 Å². The second-order valence-electron chi connectivity index (χ2n) is 2.60. The SMILES string of the molecule is C/C=C(\C)CN(CC)CC.Cl. The van der Waals surface area contributed by atoms with Crippen molar-refractivity contribution < 1.29 is 0 Å². The van der Waals surface area contributed by atoms with Gasteiger partial charge in [-0.15, -0.1) is 12.4 Å². The molecule has 0 bridgehead atoms. The Morgan fingerprint density at radius 2 is 1.73 bits per heavy atom. The lowest BCUT2D eigenvalue weighted by molar-refractivity contribution is 0.330. The van der Waals surface area contributed by atoms with E-state index < -0.39 is 0 Å². The second-order valence-corrected chi connectivity index (χ2v) is 2.60. The normalized spacial score (nSPS) is 11.5. The van der Waals surface area contributed by atoms with Gasteiger partial charge in [0.25, 0.3) is 0 Å². The molecule has 0 spiro atoms. The van der Waals surface area contributed by atoms with E-state index in [0.717, 1.165) is 19.6 Å². The fourth-order valence-electron chi connectivity index (χ4n) is 0.891. The molecule has 11 heavy (non-hydrogen) atoms. The van der Waals surface area contributed by atoms with Crippen molar-refractivity contribution >= 4 is 12.4 Å². The summed E-state index contributed by atoms with van der Waals surface area (Å²) in [4.78, 5) is 2.41. The molecular weight excluding hydrogens is 158 g/mol. The zero-order valence-electron chi connectivity index (χ0n) is 8.05. The molecule has 1 nitrogen and oxygen atoms in total. The van der Waals surface area contributed by atoms with Gasteiger partial charge in [-0.2, -0.15) is 0 Å². The van der Waals surface area contributed by atoms with Gasteiger partial charge in [-0.25, -0.2) is 0 Å². The number of rotatable bonds is 4. The van der Waals surface area contributed by atoms with E-state index >= 15 is 0 Å². The summed E-state index contributed by atoms with van der Waals surface area (Å²) < 4.78 is 0. The van der Waals surface area contributed by atoms with Gasteiger partial charge in [0.05, 0.1) is 0 Å². The van der Waals surface area contributed by atoms with Crippen LogP contribution in [-0.4, -0.2) is 24.5 Å². The lowest BCUT2D eigenvalue weighted by atomic mass is 10.2. The molecule has 0 aliphatic heterocycles. The standard InChI is InChI=1S/C9H19N.ClH/c1-5-9(4)8-10(6-2)7-3;/h5H,6-8H2,1-4H3;1H/b9-5+;. The molecule has 2 heteroatoms. The molecule has 0 heterocycles. The average molecular weight is 178 g/mol. The van der Waals surface area contributed by atoms with Crippen LogP contribution in [0.25, 0.3) is 0 Å². The van der Waals surface area contributed by atoms with Crippen LogP contribution in [0.1, 0.15) is 27.7 Å². The zero-order chi connectivity index (χ0) is 7.98. The Bertz CT molecular complexity index is 106. The van der Waals surface area contributed by atoms with E-state index in [4.69, 9.17) is 0 Å². The molecule has 0 saturated heterocycles. The maximum absolute atomic E-state index is 2.41. The van der Waals surface area contributed by atoms with Gasteiger partial charge in [-0.1, -0.05) is 25.5 Å². The fourth-order valence-corrected chi connectivity index (χ4v) is 0.891. The first kappa shape index (κ1) is 13.6. The topological polar surface area (TPSA) is 3.24 Å². The van der Waals surface area contributed by atoms with Crippen molar-refractivity contribution in [1.29, 1.82) is 0 Å². The van der Waals surface area contributed by atoms with Crippen molar-refractivity contribution in [2.75, 3.05) is 19.6 Å². The summed E-state index contributed by atoms with van der Waals surface area (Å²) in [5.74, 6) is 0. The number of halogens is 1. The molecule has 0 fully saturated rings. The predicted octanol–water partition coefficient (Wildman–Crippen LogP) is 2.72. The Morgan fingerprint density at radius 3 is 2.00 bits per heavy atom. The number of allylic oxidation sites excluding steroid dienone is 1. The summed E-state index contributed by atoms with van der Waals surface area (Å²) in [6.07, 6.45) is 2.18. The maximum Gasteiger partial charge on any atom is 0.0189 e. The fraction of sp³-hybridized carbons (Fsp3) is 0.778. The van der Waals surface area contributed by atoms with Crippen molar-refractivity contribution in [1.82, 2.24) is 4.90 Å². The highest BCUT2D eigenvalue weighted by atomic mass is 35.5. The zero-order valence-corrected chi connectivity index (χ0v) is 8.87. The van der Waals surface area contributed by atoms with Crippen LogP contribution in [0.4, 0.5) is 0 Å². The molecule has 0 aromatic carbocycles. The average Bonchev–Trinajstić information content (AvgIpc) is 1.99. The second kappa shape index (κ2) is 8.09. The minimum atomic E-state index is 0. The summed E-state index contributed by atoms with van der Waals surface area (Å²) in [5.41, 5.74) is 1.46. The van der Waals surface area contributed by atoms with Crippen LogP contribution in [0.5, 0.6) is 0 Å². The van der Waals surface area contributed by atoms with Crippen LogP contribution in [0.3, 0.4) is 0 Å². The Morgan fingerprint density at radius 1 is 1.27 bits per heavy atom. The van der Waals surface area contributed by atoms with Gasteiger partial charge in [0.1, 0.15) is 0 Å². The summed E-state index contributed by atoms with van der Waals surface area (Å²) in [5, 5.41) is 0. The molecule has 0 rings (SSSR count). The summed E-state index contributed by atoms with van der Waals surface area (Å²) in [7, 11) is 0. The Balaban J connectivity index is 0. The van der Waals surface area contributed by atoms with E-state index in [1.807, 2.05) is 0 Å². The molecule has 0 atom stereocenters. The quantitative estimate of drug-likeness (QED) is 0.597. The monoisotopic (exact) mass is 177 g/mol. The van der Waals surface area contributed by atoms with Crippen molar-refractivity contribution in [3.63, 3.8) is 0 Å². The van der Waals surface area contributed by atoms with Crippen LogP contribution in [0.2, 0.25) is 0 Å². The third kappa shape index (κ3) is 6.39. The molecule has 0 N–H and O–H groups in total. The first-order chi connectivity index (χ1) is 4.74. The van der Waals surface area contributed by atoms with Crippen LogP contribution in [-0.2, 0) is 0 Å². The van der Waals surface area contributed by atoms with E-state index in [0.29, 0.717) is 0 Å². The van der Waals surface area contributed by atoms with Gasteiger partial charge >= 0.3 is 0 Å². The third-order valence-corrected chi connectivity index (χ3v) is 1.86. The van der Waals surface area contributed by atoms with Gasteiger partial charge in [0.15, 0.2) is 0 Å². The van der Waals surface area contributed by atoms with E-state index in [-0.39, 0.29) is 12.4 Å². The Labute approximate surface area is 76.9 Å². The highest BCUT2D eigenvalue weighted by Crippen LogP contribution is 1.96. The maximum atomic E-state index is 2.41. The summed E-state index contributed by atoms with van der Waals surface area (Å²) >= 11 is 0. The largest absolute Gasteiger partial charge is 0.300 e. The summed E-state index contributed by atoms with van der Waals surface area (Å²) in [6, 6.07) is 0. The minimum absolute atomic E-state index is 0. The molecule has 0 radical (unpaired) electrons. The van der Waals surface area contributed by atoms with Gasteiger partial charge in [0, 0.05) is 6.54 Å². The number of nitrogens with zero attached hydrogens (tertiary/aromatic N) is 1. The van der Waals surface area contributed by atoms with E-state index in [1.54, 1.807) is 0 Å². The van der Waals surface area contributed by atoms with Crippen LogP contribution in [0.15, 0.2) is 11.6 Å². The van der Waals surface area contributed by atoms with Crippen LogP contribution >= 0.6 is 12.4 Å². The Kier molecular flexibility index (Phi) is 9.98. The van der Waals surface area contributed by atoms with E-state index in [9.17, 15) is 0 Å². The molecule has 0 unspecified atom stereocenters.